The molecule has 0 aromatic carbocycles. The Morgan fingerprint density at radius 3 is 3.05 bits per heavy atom. The predicted molar refractivity (Wildman–Crippen MR) is 73.3 cm³/mol. The number of pyridine rings is 1. The Balaban J connectivity index is 1.57. The van der Waals surface area contributed by atoms with Gasteiger partial charge in [-0.25, -0.2) is 0 Å². The molecule has 2 aromatic rings. The van der Waals surface area contributed by atoms with Gasteiger partial charge in [-0.05, 0) is 35.6 Å². The molecule has 3 atom stereocenters. The third-order valence-corrected chi connectivity index (χ3v) is 5.24. The summed E-state index contributed by atoms with van der Waals surface area (Å²) < 4.78 is 5.14. The molecule has 0 saturated heterocycles. The normalized spacial score (nSPS) is 32.5. The Kier molecular flexibility index (Phi) is 1.94. The van der Waals surface area contributed by atoms with Crippen molar-refractivity contribution in [3.8, 4) is 0 Å². The largest absolute Gasteiger partial charge is 0.338 e. The van der Waals surface area contributed by atoms with Crippen LogP contribution >= 0.6 is 23.2 Å². The van der Waals surface area contributed by atoms with Gasteiger partial charge < -0.3 is 4.52 Å². The highest BCUT2D eigenvalue weighted by Crippen LogP contribution is 2.90. The molecule has 2 aromatic heterocycles. The first-order valence-corrected chi connectivity index (χ1v) is 7.42. The zero-order valence-electron chi connectivity index (χ0n) is 10.3. The number of halogens is 2. The zero-order valence-corrected chi connectivity index (χ0v) is 11.8. The van der Waals surface area contributed by atoms with Gasteiger partial charge in [-0.2, -0.15) is 4.98 Å². The minimum atomic E-state index is 0.0487. The zero-order chi connectivity index (χ0) is 13.5. The second kappa shape index (κ2) is 3.43. The number of alkyl halides is 1. The monoisotopic (exact) mass is 305 g/mol. The molecule has 2 bridgehead atoms. The number of hydrogen-bond donors (Lipinski definition) is 0. The maximum atomic E-state index is 6.05. The van der Waals surface area contributed by atoms with Gasteiger partial charge in [-0.3, -0.25) is 4.98 Å². The highest BCUT2D eigenvalue weighted by molar-refractivity contribution is 6.30. The van der Waals surface area contributed by atoms with Crippen LogP contribution in [0, 0.1) is 11.8 Å². The maximum absolute atomic E-state index is 6.05. The minimum Gasteiger partial charge on any atom is -0.338 e. The van der Waals surface area contributed by atoms with Gasteiger partial charge in [0.15, 0.2) is 5.82 Å². The fraction of sp³-hybridized carbons (Fsp3) is 0.357. The number of nitrogens with zero attached hydrogens (tertiary/aromatic N) is 3. The Morgan fingerprint density at radius 1 is 1.45 bits per heavy atom. The van der Waals surface area contributed by atoms with Gasteiger partial charge in [0.2, 0.25) is 5.89 Å². The van der Waals surface area contributed by atoms with Crippen LogP contribution in [0.2, 0.25) is 5.02 Å². The topological polar surface area (TPSA) is 51.8 Å². The van der Waals surface area contributed by atoms with Gasteiger partial charge in [0.05, 0.1) is 11.1 Å². The molecule has 6 heteroatoms. The van der Waals surface area contributed by atoms with E-state index in [2.05, 4.69) is 15.1 Å². The van der Waals surface area contributed by atoms with Crippen LogP contribution < -0.4 is 0 Å². The fourth-order valence-electron chi connectivity index (χ4n) is 3.90. The lowest BCUT2D eigenvalue weighted by Gasteiger charge is -1.99. The van der Waals surface area contributed by atoms with Crippen LogP contribution in [0.3, 0.4) is 0 Å². The van der Waals surface area contributed by atoms with Crippen LogP contribution in [0.25, 0.3) is 5.57 Å². The molecule has 2 saturated carbocycles. The van der Waals surface area contributed by atoms with E-state index in [-0.39, 0.29) is 11.3 Å². The van der Waals surface area contributed by atoms with Crippen molar-refractivity contribution >= 4 is 28.8 Å². The van der Waals surface area contributed by atoms with Crippen molar-refractivity contribution in [3.63, 3.8) is 0 Å². The number of rotatable bonds is 3. The van der Waals surface area contributed by atoms with Crippen LogP contribution in [0.15, 0.2) is 28.4 Å². The molecule has 2 fully saturated rings. The van der Waals surface area contributed by atoms with E-state index >= 15 is 0 Å². The molecule has 0 amide bonds. The summed E-state index contributed by atoms with van der Waals surface area (Å²) in [7, 11) is 0. The van der Waals surface area contributed by atoms with Crippen molar-refractivity contribution < 1.29 is 4.52 Å². The SMILES string of the molecule is ClCc1nc([C@]23C4=C(c5cc(Cl)ccn5)C[C@@H]2[C@H]43)no1. The third kappa shape index (κ3) is 1.14. The summed E-state index contributed by atoms with van der Waals surface area (Å²) >= 11 is 11.8. The van der Waals surface area contributed by atoms with E-state index < -0.39 is 0 Å². The van der Waals surface area contributed by atoms with E-state index in [0.29, 0.717) is 17.7 Å². The lowest BCUT2D eigenvalue weighted by molar-refractivity contribution is 0.382. The van der Waals surface area contributed by atoms with Gasteiger partial charge >= 0.3 is 0 Å². The minimum absolute atomic E-state index is 0.0487. The molecule has 0 unspecified atom stereocenters. The summed E-state index contributed by atoms with van der Waals surface area (Å²) in [6, 6.07) is 3.72. The fourth-order valence-corrected chi connectivity index (χ4v) is 4.16. The second-order valence-corrected chi connectivity index (χ2v) is 6.26. The maximum Gasteiger partial charge on any atom is 0.241 e. The Morgan fingerprint density at radius 2 is 2.35 bits per heavy atom. The van der Waals surface area contributed by atoms with Crippen LogP contribution in [0.4, 0.5) is 0 Å². The second-order valence-electron chi connectivity index (χ2n) is 5.55. The van der Waals surface area contributed by atoms with Crippen LogP contribution in [-0.4, -0.2) is 15.1 Å². The average Bonchev–Trinajstić information content (AvgIpc) is 3.03. The molecule has 0 radical (unpaired) electrons. The van der Waals surface area contributed by atoms with E-state index in [1.807, 2.05) is 6.07 Å². The van der Waals surface area contributed by atoms with Gasteiger partial charge in [0.1, 0.15) is 5.88 Å². The lowest BCUT2D eigenvalue weighted by Crippen LogP contribution is -2.02. The molecule has 0 N–H and O–H groups in total. The highest BCUT2D eigenvalue weighted by Gasteiger charge is 2.89. The molecule has 0 spiro atoms. The lowest BCUT2D eigenvalue weighted by atomic mass is 10.1. The summed E-state index contributed by atoms with van der Waals surface area (Å²) in [5, 5.41) is 4.82. The first-order chi connectivity index (χ1) is 9.76. The summed E-state index contributed by atoms with van der Waals surface area (Å²) in [6.45, 7) is 0. The molecule has 4 aliphatic rings. The Bertz CT molecular complexity index is 784. The van der Waals surface area contributed by atoms with Crippen molar-refractivity contribution in [2.75, 3.05) is 0 Å². The molecule has 20 heavy (non-hydrogen) atoms. The van der Waals surface area contributed by atoms with Crippen molar-refractivity contribution in [1.82, 2.24) is 15.1 Å². The quantitative estimate of drug-likeness (QED) is 0.817. The molecule has 100 valence electrons. The highest BCUT2D eigenvalue weighted by atomic mass is 35.5. The van der Waals surface area contributed by atoms with Crippen LogP contribution in [0.1, 0.15) is 23.8 Å². The Hall–Kier alpha value is -1.39. The molecule has 4 aliphatic carbocycles. The van der Waals surface area contributed by atoms with Crippen molar-refractivity contribution in [2.45, 2.75) is 17.7 Å². The predicted octanol–water partition coefficient (Wildman–Crippen LogP) is 3.21. The molecule has 4 nitrogen and oxygen atoms in total. The van der Waals surface area contributed by atoms with Crippen molar-refractivity contribution in [2.24, 2.45) is 11.8 Å². The molecular weight excluding hydrogens is 297 g/mol. The summed E-state index contributed by atoms with van der Waals surface area (Å²) in [4.78, 5) is 8.83. The van der Waals surface area contributed by atoms with Gasteiger partial charge in [-0.1, -0.05) is 16.8 Å². The first-order valence-electron chi connectivity index (χ1n) is 6.51. The Labute approximate surface area is 124 Å². The summed E-state index contributed by atoms with van der Waals surface area (Å²) in [6.07, 6.45) is 2.79. The molecule has 0 aliphatic heterocycles. The first kappa shape index (κ1) is 11.3. The average molecular weight is 306 g/mol. The van der Waals surface area contributed by atoms with Crippen molar-refractivity contribution in [3.05, 3.63) is 46.3 Å². The van der Waals surface area contributed by atoms with Crippen molar-refractivity contribution in [1.29, 1.82) is 0 Å². The molecule has 6 rings (SSSR count). The van der Waals surface area contributed by atoms with Gasteiger partial charge in [0.25, 0.3) is 0 Å². The van der Waals surface area contributed by atoms with Crippen LogP contribution in [-0.2, 0) is 11.3 Å². The molecule has 2 heterocycles. The van der Waals surface area contributed by atoms with Gasteiger partial charge in [0, 0.05) is 17.1 Å². The third-order valence-electron chi connectivity index (χ3n) is 4.77. The van der Waals surface area contributed by atoms with Crippen LogP contribution in [0.5, 0.6) is 0 Å². The number of aromatic nitrogens is 3. The van der Waals surface area contributed by atoms with E-state index in [1.165, 1.54) is 11.1 Å². The van der Waals surface area contributed by atoms with Gasteiger partial charge in [-0.15, -0.1) is 11.6 Å². The molecular formula is C14H9Cl2N3O. The standard InChI is InChI=1S/C14H9Cl2N3O/c15-5-10-18-13(19-20-10)14-8-4-7(11(14)12(8)14)9-3-6(16)1-2-17-9/h1-3,8,12H,4-5H2/t8-,12-,14+/m1/s1. The van der Waals surface area contributed by atoms with E-state index in [1.54, 1.807) is 12.3 Å². The number of allylic oxidation sites excluding steroid dienone is 2. The summed E-state index contributed by atoms with van der Waals surface area (Å²) in [5.41, 5.74) is 3.78. The van der Waals surface area contributed by atoms with E-state index in [9.17, 15) is 0 Å². The van der Waals surface area contributed by atoms with E-state index in [0.717, 1.165) is 23.0 Å². The number of hydrogen-bond acceptors (Lipinski definition) is 4. The number of fused-ring (bicyclic) bond motifs is 1. The smallest absolute Gasteiger partial charge is 0.241 e. The van der Waals surface area contributed by atoms with E-state index in [4.69, 9.17) is 27.7 Å². The summed E-state index contributed by atoms with van der Waals surface area (Å²) in [5.74, 6) is 2.78.